The fraction of sp³-hybridized carbons (Fsp3) is 0.833. The van der Waals surface area contributed by atoms with E-state index >= 15 is 0 Å². The molecule has 7 heteroatoms. The first-order valence-corrected chi connectivity index (χ1v) is 8.92. The van der Waals surface area contributed by atoms with E-state index in [1.165, 1.54) is 25.7 Å². The van der Waals surface area contributed by atoms with Crippen molar-refractivity contribution in [1.82, 2.24) is 10.6 Å². The first kappa shape index (κ1) is 16.5. The summed E-state index contributed by atoms with van der Waals surface area (Å²) in [7, 11) is 5.25. The van der Waals surface area contributed by atoms with Crippen molar-refractivity contribution in [2.45, 2.75) is 43.9 Å². The third kappa shape index (κ3) is 6.96. The molecule has 0 radical (unpaired) electrons. The number of carbonyl (C=O) groups excluding carboxylic acids is 2. The Hall–Kier alpha value is -0.560. The van der Waals surface area contributed by atoms with E-state index in [-0.39, 0.29) is 6.03 Å². The molecular formula is C12H22N2O3S2. The van der Waals surface area contributed by atoms with E-state index in [2.05, 4.69) is 15.4 Å². The molecule has 0 aliphatic carbocycles. The van der Waals surface area contributed by atoms with Crippen LogP contribution in [0.5, 0.6) is 0 Å². The van der Waals surface area contributed by atoms with Crippen molar-refractivity contribution in [3.8, 4) is 0 Å². The van der Waals surface area contributed by atoms with Gasteiger partial charge in [0.15, 0.2) is 0 Å². The minimum absolute atomic E-state index is 0.316. The van der Waals surface area contributed by atoms with Gasteiger partial charge in [-0.15, -0.1) is 0 Å². The van der Waals surface area contributed by atoms with Gasteiger partial charge in [0.1, 0.15) is 6.04 Å². The molecule has 2 atom stereocenters. The lowest BCUT2D eigenvalue weighted by molar-refractivity contribution is -0.142. The number of urea groups is 1. The van der Waals surface area contributed by atoms with Crippen LogP contribution in [0.4, 0.5) is 4.79 Å². The Morgan fingerprint density at radius 2 is 2.21 bits per heavy atom. The Morgan fingerprint density at radius 1 is 1.42 bits per heavy atom. The summed E-state index contributed by atoms with van der Waals surface area (Å²) in [4.78, 5) is 22.6. The van der Waals surface area contributed by atoms with Crippen LogP contribution in [0.15, 0.2) is 0 Å². The van der Waals surface area contributed by atoms with Gasteiger partial charge in [0.2, 0.25) is 0 Å². The van der Waals surface area contributed by atoms with Crippen molar-refractivity contribution in [1.29, 1.82) is 0 Å². The molecule has 1 rings (SSSR count). The van der Waals surface area contributed by atoms with E-state index in [1.54, 1.807) is 6.92 Å². The molecule has 110 valence electrons. The van der Waals surface area contributed by atoms with Gasteiger partial charge in [0.25, 0.3) is 0 Å². The van der Waals surface area contributed by atoms with Crippen LogP contribution in [-0.4, -0.2) is 42.7 Å². The molecule has 2 N–H and O–H groups in total. The van der Waals surface area contributed by atoms with Gasteiger partial charge in [0.05, 0.1) is 7.11 Å². The Bertz CT molecular complexity index is 297. The molecule has 1 heterocycles. The average Bonchev–Trinajstić information content (AvgIpc) is 2.90. The van der Waals surface area contributed by atoms with Gasteiger partial charge in [0, 0.05) is 17.5 Å². The van der Waals surface area contributed by atoms with E-state index < -0.39 is 12.0 Å². The maximum Gasteiger partial charge on any atom is 0.328 e. The summed E-state index contributed by atoms with van der Waals surface area (Å²) in [6.07, 6.45) is 4.63. The molecule has 0 aromatic heterocycles. The molecule has 1 aliphatic heterocycles. The fourth-order valence-corrected chi connectivity index (χ4v) is 4.77. The minimum atomic E-state index is -0.614. The molecule has 1 fully saturated rings. The standard InChI is InChI=1S/C12H22N2O3S2/c1-9(11(15)17-2)14-12(16)13-7-4-3-5-10-6-8-18-19-10/h9-10H,3-8H2,1-2H3,(H2,13,14,16)/t9-,10?/m0/s1. The zero-order valence-corrected chi connectivity index (χ0v) is 13.1. The molecule has 0 spiro atoms. The molecule has 19 heavy (non-hydrogen) atoms. The van der Waals surface area contributed by atoms with Gasteiger partial charge in [-0.2, -0.15) is 0 Å². The number of nitrogens with one attached hydrogen (secondary N) is 2. The smallest absolute Gasteiger partial charge is 0.328 e. The number of methoxy groups -OCH3 is 1. The Kier molecular flexibility index (Phi) is 8.13. The molecule has 0 saturated carbocycles. The van der Waals surface area contributed by atoms with Crippen molar-refractivity contribution >= 4 is 33.6 Å². The number of ether oxygens (including phenoxy) is 1. The molecule has 1 unspecified atom stereocenters. The van der Waals surface area contributed by atoms with Crippen LogP contribution in [0.1, 0.15) is 32.6 Å². The summed E-state index contributed by atoms with van der Waals surface area (Å²) < 4.78 is 4.53. The number of carbonyl (C=O) groups is 2. The predicted molar refractivity (Wildman–Crippen MR) is 80.3 cm³/mol. The molecule has 0 bridgehead atoms. The minimum Gasteiger partial charge on any atom is -0.467 e. The highest BCUT2D eigenvalue weighted by Gasteiger charge is 2.16. The summed E-state index contributed by atoms with van der Waals surface area (Å²) in [5.41, 5.74) is 0. The molecule has 5 nitrogen and oxygen atoms in total. The lowest BCUT2D eigenvalue weighted by Crippen LogP contribution is -2.45. The SMILES string of the molecule is COC(=O)[C@H](C)NC(=O)NCCCCC1CCSS1. The van der Waals surface area contributed by atoms with Crippen molar-refractivity contribution in [2.75, 3.05) is 19.4 Å². The Balaban J connectivity index is 1.99. The Morgan fingerprint density at radius 3 is 2.84 bits per heavy atom. The first-order chi connectivity index (χ1) is 9.13. The summed E-state index contributed by atoms with van der Waals surface area (Å²) in [5.74, 6) is 0.826. The van der Waals surface area contributed by atoms with Gasteiger partial charge >= 0.3 is 12.0 Å². The number of hydrogen-bond acceptors (Lipinski definition) is 5. The van der Waals surface area contributed by atoms with Crippen LogP contribution in [0.25, 0.3) is 0 Å². The normalized spacial score (nSPS) is 19.8. The number of rotatable bonds is 7. The van der Waals surface area contributed by atoms with Gasteiger partial charge < -0.3 is 15.4 Å². The van der Waals surface area contributed by atoms with Crippen molar-refractivity contribution in [3.63, 3.8) is 0 Å². The van der Waals surface area contributed by atoms with Gasteiger partial charge in [-0.25, -0.2) is 9.59 Å². The summed E-state index contributed by atoms with van der Waals surface area (Å²) in [6, 6.07) is -0.930. The van der Waals surface area contributed by atoms with E-state index in [4.69, 9.17) is 0 Å². The van der Waals surface area contributed by atoms with Crippen LogP contribution in [-0.2, 0) is 9.53 Å². The van der Waals surface area contributed by atoms with Crippen molar-refractivity contribution in [2.24, 2.45) is 0 Å². The summed E-state index contributed by atoms with van der Waals surface area (Å²) in [6.45, 7) is 2.24. The summed E-state index contributed by atoms with van der Waals surface area (Å²) >= 11 is 0. The second-order valence-electron chi connectivity index (χ2n) is 4.47. The second kappa shape index (κ2) is 9.36. The van der Waals surface area contributed by atoms with Gasteiger partial charge in [-0.1, -0.05) is 28.0 Å². The van der Waals surface area contributed by atoms with Crippen molar-refractivity contribution < 1.29 is 14.3 Å². The highest BCUT2D eigenvalue weighted by atomic mass is 33.1. The first-order valence-electron chi connectivity index (χ1n) is 6.54. The molecule has 0 aromatic rings. The third-order valence-corrected chi connectivity index (χ3v) is 5.87. The highest BCUT2D eigenvalue weighted by molar-refractivity contribution is 8.77. The van der Waals surface area contributed by atoms with Crippen LogP contribution in [0.2, 0.25) is 0 Å². The zero-order valence-electron chi connectivity index (χ0n) is 11.4. The number of amides is 2. The van der Waals surface area contributed by atoms with Gasteiger partial charge in [-0.3, -0.25) is 0 Å². The fourth-order valence-electron chi connectivity index (χ4n) is 1.75. The topological polar surface area (TPSA) is 67.4 Å². The van der Waals surface area contributed by atoms with Gasteiger partial charge in [-0.05, 0) is 26.2 Å². The van der Waals surface area contributed by atoms with E-state index in [9.17, 15) is 9.59 Å². The molecule has 1 saturated heterocycles. The Labute approximate surface area is 122 Å². The van der Waals surface area contributed by atoms with E-state index in [0.717, 1.165) is 18.1 Å². The highest BCUT2D eigenvalue weighted by Crippen LogP contribution is 2.39. The lowest BCUT2D eigenvalue weighted by atomic mass is 10.1. The zero-order chi connectivity index (χ0) is 14.1. The van der Waals surface area contributed by atoms with E-state index in [0.29, 0.717) is 6.54 Å². The van der Waals surface area contributed by atoms with E-state index in [1.807, 2.05) is 21.6 Å². The maximum atomic E-state index is 11.5. The monoisotopic (exact) mass is 306 g/mol. The van der Waals surface area contributed by atoms with Crippen LogP contribution in [0, 0.1) is 0 Å². The largest absolute Gasteiger partial charge is 0.467 e. The molecule has 0 aromatic carbocycles. The molecule has 2 amide bonds. The maximum absolute atomic E-state index is 11.5. The molecule has 1 aliphatic rings. The average molecular weight is 306 g/mol. The lowest BCUT2D eigenvalue weighted by Gasteiger charge is -2.12. The quantitative estimate of drug-likeness (QED) is 0.429. The molecular weight excluding hydrogens is 284 g/mol. The second-order valence-corrected chi connectivity index (χ2v) is 7.26. The van der Waals surface area contributed by atoms with Crippen LogP contribution >= 0.6 is 21.6 Å². The third-order valence-electron chi connectivity index (χ3n) is 2.87. The van der Waals surface area contributed by atoms with Crippen molar-refractivity contribution in [3.05, 3.63) is 0 Å². The van der Waals surface area contributed by atoms with Crippen LogP contribution < -0.4 is 10.6 Å². The summed E-state index contributed by atoms with van der Waals surface area (Å²) in [5, 5.41) is 6.07. The number of esters is 1. The number of hydrogen-bond donors (Lipinski definition) is 2. The predicted octanol–water partition coefficient (Wildman–Crippen LogP) is 2.17. The number of unbranched alkanes of at least 4 members (excludes halogenated alkanes) is 1. The van der Waals surface area contributed by atoms with Crippen LogP contribution in [0.3, 0.4) is 0 Å².